The number of fused-ring (bicyclic) bond motifs is 2. The van der Waals surface area contributed by atoms with E-state index in [1.165, 1.54) is 17.3 Å². The van der Waals surface area contributed by atoms with Gasteiger partial charge in [0.2, 0.25) is 0 Å². The van der Waals surface area contributed by atoms with Gasteiger partial charge < -0.3 is 14.3 Å². The lowest BCUT2D eigenvalue weighted by Crippen LogP contribution is -2.41. The number of aromatic amines is 1. The summed E-state index contributed by atoms with van der Waals surface area (Å²) in [6.45, 7) is 0.279. The third kappa shape index (κ3) is 3.61. The predicted molar refractivity (Wildman–Crippen MR) is 113 cm³/mol. The molecule has 0 unspecified atom stereocenters. The number of amides is 1. The molecule has 0 spiro atoms. The maximum Gasteiger partial charge on any atom is 0.417 e. The molecule has 13 heteroatoms. The van der Waals surface area contributed by atoms with Crippen LogP contribution in [0.15, 0.2) is 59.5 Å². The van der Waals surface area contributed by atoms with Gasteiger partial charge in [0.15, 0.2) is 0 Å². The molecule has 0 aromatic carbocycles. The van der Waals surface area contributed by atoms with E-state index in [1.54, 1.807) is 30.5 Å². The molecule has 10 nitrogen and oxygen atoms in total. The van der Waals surface area contributed by atoms with Gasteiger partial charge >= 0.3 is 18.0 Å². The smallest absolute Gasteiger partial charge is 0.411 e. The highest BCUT2D eigenvalue weighted by atomic mass is 19.4. The van der Waals surface area contributed by atoms with Crippen molar-refractivity contribution >= 4 is 11.4 Å². The first-order chi connectivity index (χ1) is 16.9. The number of carbonyl (C=O) groups is 1. The summed E-state index contributed by atoms with van der Waals surface area (Å²) in [5, 5.41) is 12.2. The molecular formula is C22H15F3N8O2. The van der Waals surface area contributed by atoms with Gasteiger partial charge in [0.05, 0.1) is 28.8 Å². The zero-order chi connectivity index (χ0) is 24.2. The first-order valence-corrected chi connectivity index (χ1v) is 10.5. The number of imidazole rings is 1. The monoisotopic (exact) mass is 480 g/mol. The summed E-state index contributed by atoms with van der Waals surface area (Å²) in [5.74, 6) is -0.695. The lowest BCUT2D eigenvalue weighted by Gasteiger charge is -2.32. The molecule has 0 saturated heterocycles. The van der Waals surface area contributed by atoms with Crippen molar-refractivity contribution in [2.45, 2.75) is 18.6 Å². The maximum atomic E-state index is 13.4. The zero-order valence-electron chi connectivity index (χ0n) is 17.8. The second-order valence-corrected chi connectivity index (χ2v) is 7.90. The number of hydrogen-bond acceptors (Lipinski definition) is 7. The Morgan fingerprint density at radius 2 is 2.03 bits per heavy atom. The van der Waals surface area contributed by atoms with Gasteiger partial charge in [-0.25, -0.2) is 9.50 Å². The standard InChI is InChI=1S/C22H15F3N8O2/c23-22(24,25)12-4-5-13-9-16(31-33(13)10-12)18-17-14(27-11-28-17)6-8-32(18)21(34)20-30-29-19(35-20)15-3-1-2-7-26-15/h1-5,7,9-11,18H,6,8H2,(H,27,28)/t18-/m0/s1. The highest BCUT2D eigenvalue weighted by molar-refractivity contribution is 5.90. The molecule has 1 aliphatic rings. The fourth-order valence-electron chi connectivity index (χ4n) is 4.13. The van der Waals surface area contributed by atoms with E-state index in [4.69, 9.17) is 4.42 Å². The largest absolute Gasteiger partial charge is 0.417 e. The number of H-pyrrole nitrogens is 1. The average Bonchev–Trinajstić information content (AvgIpc) is 3.61. The van der Waals surface area contributed by atoms with Crippen molar-refractivity contribution in [3.05, 3.63) is 83.7 Å². The number of aromatic nitrogens is 7. The Kier molecular flexibility index (Phi) is 4.65. The fourth-order valence-corrected chi connectivity index (χ4v) is 4.13. The van der Waals surface area contributed by atoms with Crippen LogP contribution in [-0.2, 0) is 12.6 Å². The zero-order valence-corrected chi connectivity index (χ0v) is 17.8. The summed E-state index contributed by atoms with van der Waals surface area (Å²) in [5.41, 5.74) is 1.75. The number of pyridine rings is 2. The number of rotatable bonds is 3. The van der Waals surface area contributed by atoms with Gasteiger partial charge in [0.1, 0.15) is 11.7 Å². The highest BCUT2D eigenvalue weighted by Crippen LogP contribution is 2.35. The van der Waals surface area contributed by atoms with Crippen LogP contribution in [0, 0.1) is 0 Å². The third-order valence-corrected chi connectivity index (χ3v) is 5.76. The topological polar surface area (TPSA) is 118 Å². The third-order valence-electron chi connectivity index (χ3n) is 5.76. The molecule has 176 valence electrons. The van der Waals surface area contributed by atoms with Crippen LogP contribution in [0.1, 0.15) is 39.4 Å². The van der Waals surface area contributed by atoms with E-state index in [2.05, 4.69) is 30.2 Å². The molecule has 35 heavy (non-hydrogen) atoms. The maximum absolute atomic E-state index is 13.4. The molecule has 0 saturated carbocycles. The van der Waals surface area contributed by atoms with Crippen LogP contribution in [0.5, 0.6) is 0 Å². The van der Waals surface area contributed by atoms with Gasteiger partial charge in [-0.1, -0.05) is 6.07 Å². The molecule has 5 aromatic heterocycles. The van der Waals surface area contributed by atoms with Crippen LogP contribution >= 0.6 is 0 Å². The van der Waals surface area contributed by atoms with Gasteiger partial charge in [-0.2, -0.15) is 18.3 Å². The molecule has 0 aliphatic carbocycles. The Morgan fingerprint density at radius 1 is 1.14 bits per heavy atom. The van der Waals surface area contributed by atoms with Crippen LogP contribution in [0.4, 0.5) is 13.2 Å². The Hall–Kier alpha value is -4.55. The van der Waals surface area contributed by atoms with E-state index < -0.39 is 23.7 Å². The Labute approximate surface area is 194 Å². The van der Waals surface area contributed by atoms with Crippen molar-refractivity contribution < 1.29 is 22.4 Å². The minimum Gasteiger partial charge on any atom is -0.411 e. The second-order valence-electron chi connectivity index (χ2n) is 7.90. The average molecular weight is 480 g/mol. The summed E-state index contributed by atoms with van der Waals surface area (Å²) < 4.78 is 46.3. The van der Waals surface area contributed by atoms with Gasteiger partial charge in [-0.3, -0.25) is 9.78 Å². The molecular weight excluding hydrogens is 465 g/mol. The van der Waals surface area contributed by atoms with Crippen molar-refractivity contribution in [3.8, 4) is 11.6 Å². The number of nitrogens with one attached hydrogen (secondary N) is 1. The highest BCUT2D eigenvalue weighted by Gasteiger charge is 2.38. The van der Waals surface area contributed by atoms with Crippen LogP contribution < -0.4 is 0 Å². The first kappa shape index (κ1) is 21.0. The van der Waals surface area contributed by atoms with E-state index in [1.807, 2.05) is 0 Å². The Balaban J connectivity index is 1.39. The minimum absolute atomic E-state index is 0.0929. The summed E-state index contributed by atoms with van der Waals surface area (Å²) in [6, 6.07) is 8.34. The van der Waals surface area contributed by atoms with Crippen LogP contribution in [0.25, 0.3) is 17.1 Å². The van der Waals surface area contributed by atoms with Gasteiger partial charge in [0, 0.05) is 31.1 Å². The molecule has 0 radical (unpaired) electrons. The van der Waals surface area contributed by atoms with Crippen molar-refractivity contribution in [2.24, 2.45) is 0 Å². The Morgan fingerprint density at radius 3 is 2.83 bits per heavy atom. The Bertz CT molecular complexity index is 1540. The van der Waals surface area contributed by atoms with E-state index in [0.29, 0.717) is 29.0 Å². The van der Waals surface area contributed by atoms with Gasteiger partial charge in [-0.15, -0.1) is 10.2 Å². The molecule has 0 bridgehead atoms. The van der Waals surface area contributed by atoms with E-state index in [-0.39, 0.29) is 18.3 Å². The van der Waals surface area contributed by atoms with E-state index >= 15 is 0 Å². The van der Waals surface area contributed by atoms with Crippen LogP contribution in [-0.4, -0.2) is 52.1 Å². The first-order valence-electron chi connectivity index (χ1n) is 10.5. The number of carbonyl (C=O) groups excluding carboxylic acids is 1. The molecule has 1 N–H and O–H groups in total. The van der Waals surface area contributed by atoms with E-state index in [0.717, 1.165) is 22.5 Å². The molecule has 6 heterocycles. The number of hydrogen-bond donors (Lipinski definition) is 1. The molecule has 1 aliphatic heterocycles. The van der Waals surface area contributed by atoms with Crippen LogP contribution in [0.2, 0.25) is 0 Å². The normalized spacial score (nSPS) is 16.0. The SMILES string of the molecule is O=C(c1nnc(-c2ccccn2)o1)N1CCc2[nH]cnc2[C@@H]1c1cc2ccc(C(F)(F)F)cn2n1. The molecule has 1 atom stereocenters. The van der Waals surface area contributed by atoms with Crippen molar-refractivity contribution in [2.75, 3.05) is 6.54 Å². The predicted octanol–water partition coefficient (Wildman–Crippen LogP) is 3.31. The summed E-state index contributed by atoms with van der Waals surface area (Å²) in [6.07, 6.45) is -0.0317. The lowest BCUT2D eigenvalue weighted by atomic mass is 9.99. The summed E-state index contributed by atoms with van der Waals surface area (Å²) in [4.78, 5) is 26.5. The molecule has 1 amide bonds. The van der Waals surface area contributed by atoms with Gasteiger partial charge in [0.25, 0.3) is 5.89 Å². The second kappa shape index (κ2) is 7.75. The van der Waals surface area contributed by atoms with Crippen molar-refractivity contribution in [1.29, 1.82) is 0 Å². The summed E-state index contributed by atoms with van der Waals surface area (Å²) >= 11 is 0. The van der Waals surface area contributed by atoms with Crippen LogP contribution in [0.3, 0.4) is 0 Å². The number of nitrogens with zero attached hydrogens (tertiary/aromatic N) is 7. The number of halogens is 3. The lowest BCUT2D eigenvalue weighted by molar-refractivity contribution is -0.137. The molecule has 0 fully saturated rings. The minimum atomic E-state index is -4.51. The van der Waals surface area contributed by atoms with Crippen molar-refractivity contribution in [1.82, 2.24) is 39.7 Å². The molecule has 5 aromatic rings. The van der Waals surface area contributed by atoms with E-state index in [9.17, 15) is 18.0 Å². The fraction of sp³-hybridized carbons (Fsp3) is 0.182. The van der Waals surface area contributed by atoms with Gasteiger partial charge in [-0.05, 0) is 30.3 Å². The van der Waals surface area contributed by atoms with Crippen molar-refractivity contribution in [3.63, 3.8) is 0 Å². The number of alkyl halides is 3. The summed E-state index contributed by atoms with van der Waals surface area (Å²) in [7, 11) is 0. The molecule has 6 rings (SSSR count). The quantitative estimate of drug-likeness (QED) is 0.421.